The van der Waals surface area contributed by atoms with Crippen LogP contribution >= 0.6 is 0 Å². The Labute approximate surface area is 189 Å². The van der Waals surface area contributed by atoms with Crippen LogP contribution in [0.15, 0.2) is 30.3 Å². The molecular formula is C23H24F2N4O4. The molecule has 33 heavy (non-hydrogen) atoms. The summed E-state index contributed by atoms with van der Waals surface area (Å²) in [6.07, 6.45) is 0.929. The van der Waals surface area contributed by atoms with Crippen LogP contribution in [0.4, 0.5) is 25.8 Å². The van der Waals surface area contributed by atoms with E-state index in [0.717, 1.165) is 5.56 Å². The van der Waals surface area contributed by atoms with Crippen molar-refractivity contribution in [2.24, 2.45) is 0 Å². The van der Waals surface area contributed by atoms with E-state index in [9.17, 15) is 23.2 Å². The molecule has 1 atom stereocenters. The highest BCUT2D eigenvalue weighted by molar-refractivity contribution is 6.39. The summed E-state index contributed by atoms with van der Waals surface area (Å²) in [4.78, 5) is 40.0. The van der Waals surface area contributed by atoms with E-state index in [1.165, 1.54) is 24.1 Å². The van der Waals surface area contributed by atoms with E-state index in [1.54, 1.807) is 23.1 Å². The minimum Gasteiger partial charge on any atom is -0.491 e. The third kappa shape index (κ3) is 4.59. The second kappa shape index (κ2) is 9.05. The number of amides is 3. The summed E-state index contributed by atoms with van der Waals surface area (Å²) in [6.45, 7) is 2.57. The topological polar surface area (TPSA) is 91.0 Å². The Morgan fingerprint density at radius 3 is 2.52 bits per heavy atom. The number of nitrogens with one attached hydrogen (secondary N) is 2. The van der Waals surface area contributed by atoms with Crippen LogP contribution in [0.5, 0.6) is 5.75 Å². The molecule has 0 bridgehead atoms. The maximum atomic E-state index is 14.1. The molecule has 2 aromatic carbocycles. The van der Waals surface area contributed by atoms with Crippen LogP contribution in [0.25, 0.3) is 0 Å². The molecule has 8 nitrogen and oxygen atoms in total. The van der Waals surface area contributed by atoms with Gasteiger partial charge in [0.15, 0.2) is 17.4 Å². The Morgan fingerprint density at radius 2 is 1.85 bits per heavy atom. The highest BCUT2D eigenvalue weighted by Crippen LogP contribution is 2.30. The molecule has 174 valence electrons. The minimum absolute atomic E-state index is 0.0529. The first-order valence-corrected chi connectivity index (χ1v) is 10.6. The maximum Gasteiger partial charge on any atom is 0.313 e. The number of rotatable bonds is 3. The summed E-state index contributed by atoms with van der Waals surface area (Å²) in [7, 11) is 1.20. The first-order valence-electron chi connectivity index (χ1n) is 10.6. The molecule has 1 fully saturated rings. The molecule has 2 N–H and O–H groups in total. The molecule has 3 amide bonds. The number of nitrogens with zero attached hydrogens (tertiary/aromatic N) is 2. The lowest BCUT2D eigenvalue weighted by atomic mass is 10.0. The van der Waals surface area contributed by atoms with Crippen LogP contribution in [0.3, 0.4) is 0 Å². The number of benzene rings is 2. The van der Waals surface area contributed by atoms with E-state index >= 15 is 0 Å². The van der Waals surface area contributed by atoms with Gasteiger partial charge in [-0.05, 0) is 37.1 Å². The zero-order valence-corrected chi connectivity index (χ0v) is 18.3. The van der Waals surface area contributed by atoms with Gasteiger partial charge in [0.1, 0.15) is 0 Å². The molecule has 0 saturated carbocycles. The van der Waals surface area contributed by atoms with Gasteiger partial charge in [0.25, 0.3) is 0 Å². The monoisotopic (exact) mass is 458 g/mol. The van der Waals surface area contributed by atoms with Crippen LogP contribution in [-0.4, -0.2) is 55.4 Å². The Kier molecular flexibility index (Phi) is 6.17. The quantitative estimate of drug-likeness (QED) is 0.690. The lowest BCUT2D eigenvalue weighted by Gasteiger charge is -2.41. The van der Waals surface area contributed by atoms with Crippen molar-refractivity contribution in [1.29, 1.82) is 0 Å². The fourth-order valence-corrected chi connectivity index (χ4v) is 4.22. The van der Waals surface area contributed by atoms with Gasteiger partial charge in [-0.3, -0.25) is 14.4 Å². The predicted octanol–water partition coefficient (Wildman–Crippen LogP) is 2.53. The fourth-order valence-electron chi connectivity index (χ4n) is 4.22. The smallest absolute Gasteiger partial charge is 0.313 e. The zero-order chi connectivity index (χ0) is 23.7. The van der Waals surface area contributed by atoms with Crippen molar-refractivity contribution in [3.63, 3.8) is 0 Å². The van der Waals surface area contributed by atoms with E-state index in [2.05, 4.69) is 10.6 Å². The number of ether oxygens (including phenoxy) is 1. The minimum atomic E-state index is -0.804. The number of piperazine rings is 1. The van der Waals surface area contributed by atoms with Gasteiger partial charge in [0, 0.05) is 61.3 Å². The van der Waals surface area contributed by atoms with Gasteiger partial charge in [-0.2, -0.15) is 0 Å². The number of carbonyl (C=O) groups excluding carboxylic acids is 3. The summed E-state index contributed by atoms with van der Waals surface area (Å²) in [5.41, 5.74) is 2.41. The normalized spacial score (nSPS) is 17.8. The van der Waals surface area contributed by atoms with Crippen LogP contribution in [-0.2, 0) is 20.8 Å². The summed E-state index contributed by atoms with van der Waals surface area (Å²) in [5.74, 6) is -3.55. The van der Waals surface area contributed by atoms with Crippen molar-refractivity contribution in [2.45, 2.75) is 25.8 Å². The second-order valence-electron chi connectivity index (χ2n) is 8.11. The molecular weight excluding hydrogens is 434 g/mol. The van der Waals surface area contributed by atoms with Gasteiger partial charge < -0.3 is 25.2 Å². The van der Waals surface area contributed by atoms with Gasteiger partial charge in [0.05, 0.1) is 7.11 Å². The second-order valence-corrected chi connectivity index (χ2v) is 8.11. The lowest BCUT2D eigenvalue weighted by molar-refractivity contribution is -0.143. The molecule has 1 saturated heterocycles. The number of methoxy groups -OCH3 is 1. The van der Waals surface area contributed by atoms with Gasteiger partial charge in [-0.25, -0.2) is 8.78 Å². The summed E-state index contributed by atoms with van der Waals surface area (Å²) in [6, 6.07) is 7.19. The highest BCUT2D eigenvalue weighted by Gasteiger charge is 2.31. The van der Waals surface area contributed by atoms with Crippen molar-refractivity contribution in [3.05, 3.63) is 47.5 Å². The summed E-state index contributed by atoms with van der Waals surface area (Å²) in [5, 5.41) is 5.38. The zero-order valence-electron chi connectivity index (χ0n) is 18.3. The van der Waals surface area contributed by atoms with E-state index in [0.29, 0.717) is 36.4 Å². The molecule has 4 rings (SSSR count). The Bertz CT molecular complexity index is 1100. The molecule has 10 heteroatoms. The fraction of sp³-hybridized carbons (Fsp3) is 0.348. The van der Waals surface area contributed by atoms with Crippen molar-refractivity contribution in [2.75, 3.05) is 42.3 Å². The van der Waals surface area contributed by atoms with Crippen molar-refractivity contribution < 1.29 is 27.9 Å². The Balaban J connectivity index is 1.39. The molecule has 0 aliphatic carbocycles. The third-order valence-corrected chi connectivity index (χ3v) is 5.89. The van der Waals surface area contributed by atoms with Gasteiger partial charge in [-0.1, -0.05) is 0 Å². The number of aryl methyl sites for hydroxylation is 1. The molecule has 2 aromatic rings. The molecule has 2 heterocycles. The molecule has 0 spiro atoms. The first-order chi connectivity index (χ1) is 15.8. The standard InChI is InChI=1S/C23H24F2N4O4/c1-13-12-28(7-8-29(13)16-10-17(24)21(33-2)18(25)11-16)23(32)22(31)26-15-4-5-19-14(9-15)3-6-20(30)27-19/h4-5,9-11,13H,3,6-8,12H2,1-2H3,(H,26,31)(H,27,30)/t13-/m1/s1. The van der Waals surface area contributed by atoms with Crippen LogP contribution in [0, 0.1) is 11.6 Å². The van der Waals surface area contributed by atoms with Gasteiger partial charge in [0.2, 0.25) is 5.91 Å². The number of hydrogen-bond donors (Lipinski definition) is 2. The molecule has 0 unspecified atom stereocenters. The third-order valence-electron chi connectivity index (χ3n) is 5.89. The largest absolute Gasteiger partial charge is 0.491 e. The van der Waals surface area contributed by atoms with E-state index in [1.807, 2.05) is 6.92 Å². The molecule has 2 aliphatic heterocycles. The number of halogens is 2. The van der Waals surface area contributed by atoms with Crippen LogP contribution < -0.4 is 20.3 Å². The van der Waals surface area contributed by atoms with Gasteiger partial charge >= 0.3 is 11.8 Å². The van der Waals surface area contributed by atoms with Crippen LogP contribution in [0.1, 0.15) is 18.9 Å². The lowest BCUT2D eigenvalue weighted by Crippen LogP contribution is -2.55. The first kappa shape index (κ1) is 22.5. The Morgan fingerprint density at radius 1 is 1.12 bits per heavy atom. The van der Waals surface area contributed by atoms with Gasteiger partial charge in [-0.15, -0.1) is 0 Å². The highest BCUT2D eigenvalue weighted by atomic mass is 19.1. The number of carbonyl (C=O) groups is 3. The Hall–Kier alpha value is -3.69. The average molecular weight is 458 g/mol. The van der Waals surface area contributed by atoms with E-state index in [4.69, 9.17) is 4.74 Å². The number of fused-ring (bicyclic) bond motifs is 1. The average Bonchev–Trinajstić information content (AvgIpc) is 2.78. The van der Waals surface area contributed by atoms with E-state index in [-0.39, 0.29) is 25.0 Å². The summed E-state index contributed by atoms with van der Waals surface area (Å²) < 4.78 is 32.9. The predicted molar refractivity (Wildman–Crippen MR) is 118 cm³/mol. The van der Waals surface area contributed by atoms with Crippen molar-refractivity contribution >= 4 is 34.8 Å². The van der Waals surface area contributed by atoms with Crippen molar-refractivity contribution in [3.8, 4) is 5.75 Å². The van der Waals surface area contributed by atoms with E-state index < -0.39 is 29.2 Å². The molecule has 0 aromatic heterocycles. The summed E-state index contributed by atoms with van der Waals surface area (Å²) >= 11 is 0. The maximum absolute atomic E-state index is 14.1. The van der Waals surface area contributed by atoms with Crippen molar-refractivity contribution in [1.82, 2.24) is 4.90 Å². The molecule has 2 aliphatic rings. The SMILES string of the molecule is COc1c(F)cc(N2CCN(C(=O)C(=O)Nc3ccc4c(c3)CCC(=O)N4)C[C@H]2C)cc1F. The number of anilines is 3. The van der Waals surface area contributed by atoms with Crippen LogP contribution in [0.2, 0.25) is 0 Å². The molecule has 0 radical (unpaired) electrons. The number of hydrogen-bond acceptors (Lipinski definition) is 5.